The van der Waals surface area contributed by atoms with Gasteiger partial charge in [-0.25, -0.2) is 0 Å². The lowest BCUT2D eigenvalue weighted by Gasteiger charge is -2.34. The van der Waals surface area contributed by atoms with E-state index in [-0.39, 0.29) is 16.4 Å². The van der Waals surface area contributed by atoms with E-state index in [0.29, 0.717) is 5.56 Å². The van der Waals surface area contributed by atoms with Gasteiger partial charge in [0.2, 0.25) is 0 Å². The predicted octanol–water partition coefficient (Wildman–Crippen LogP) is 6.81. The highest BCUT2D eigenvalue weighted by Crippen LogP contribution is 2.63. The summed E-state index contributed by atoms with van der Waals surface area (Å²) in [6, 6.07) is 32.6. The van der Waals surface area contributed by atoms with Gasteiger partial charge in [0.15, 0.2) is 5.78 Å². The molecular formula is C28H27O4S2+. The number of benzene rings is 4. The van der Waals surface area contributed by atoms with Gasteiger partial charge >= 0.3 is 10.1 Å². The zero-order chi connectivity index (χ0) is 24.2. The highest BCUT2D eigenvalue weighted by molar-refractivity contribution is 8.32. The van der Waals surface area contributed by atoms with Gasteiger partial charge in [-0.05, 0) is 50.2 Å². The van der Waals surface area contributed by atoms with Crippen LogP contribution in [0.1, 0.15) is 21.5 Å². The van der Waals surface area contributed by atoms with Crippen LogP contribution in [0.4, 0.5) is 0 Å². The van der Waals surface area contributed by atoms with E-state index in [1.165, 1.54) is 0 Å². The van der Waals surface area contributed by atoms with Crippen molar-refractivity contribution in [3.8, 4) is 0 Å². The average Bonchev–Trinajstić information content (AvgIpc) is 2.85. The Bertz CT molecular complexity index is 1320. The van der Waals surface area contributed by atoms with Crippen LogP contribution in [0.25, 0.3) is 0 Å². The Balaban J connectivity index is 1.88. The first kappa shape index (κ1) is 24.0. The molecular weight excluding hydrogens is 464 g/mol. The van der Waals surface area contributed by atoms with E-state index in [4.69, 9.17) is 0 Å². The smallest absolute Gasteiger partial charge is 0.293 e. The molecule has 0 aromatic heterocycles. The molecule has 0 saturated carbocycles. The van der Waals surface area contributed by atoms with E-state index in [1.807, 2.05) is 86.6 Å². The molecule has 4 rings (SSSR count). The molecule has 1 N–H and O–H groups in total. The molecule has 4 aromatic rings. The molecule has 0 atom stereocenters. The molecule has 174 valence electrons. The van der Waals surface area contributed by atoms with Crippen molar-refractivity contribution in [3.05, 3.63) is 126 Å². The maximum absolute atomic E-state index is 13.6. The minimum absolute atomic E-state index is 0.0464. The number of hydrogen-bond donors (Lipinski definition) is 0. The van der Waals surface area contributed by atoms with Gasteiger partial charge in [-0.1, -0.05) is 83.9 Å². The third kappa shape index (κ3) is 5.14. The minimum atomic E-state index is -4.06. The number of rotatable bonds is 8. The Morgan fingerprint density at radius 1 is 0.618 bits per heavy atom. The summed E-state index contributed by atoms with van der Waals surface area (Å²) in [5.41, 5.74) is 2.54. The largest absolute Gasteiger partial charge is 0.422 e. The average molecular weight is 492 g/mol. The molecule has 0 spiro atoms. The van der Waals surface area contributed by atoms with Crippen LogP contribution in [0, 0.1) is 13.8 Å². The fourth-order valence-corrected chi connectivity index (χ4v) is 9.07. The van der Waals surface area contributed by atoms with Gasteiger partial charge < -0.3 is 0 Å². The Kier molecular flexibility index (Phi) is 7.03. The number of Topliss-reactive ketones (excluding diaryl/α,β-unsaturated/α-hetero) is 1. The van der Waals surface area contributed by atoms with Crippen LogP contribution in [-0.2, 0) is 10.1 Å². The zero-order valence-electron chi connectivity index (χ0n) is 19.1. The minimum Gasteiger partial charge on any atom is -0.293 e. The molecule has 34 heavy (non-hydrogen) atoms. The van der Waals surface area contributed by atoms with Crippen molar-refractivity contribution in [3.63, 3.8) is 0 Å². The second kappa shape index (κ2) is 9.97. The van der Waals surface area contributed by atoms with Gasteiger partial charge in [0, 0.05) is 15.9 Å². The number of carbonyl (C=O) groups excluding carboxylic acids is 1. The molecule has 0 aliphatic heterocycles. The molecule has 0 aliphatic rings. The van der Waals surface area contributed by atoms with E-state index in [0.717, 1.165) is 20.9 Å². The van der Waals surface area contributed by atoms with Crippen molar-refractivity contribution in [1.82, 2.24) is 0 Å². The van der Waals surface area contributed by atoms with Crippen LogP contribution in [0.2, 0.25) is 0 Å². The summed E-state index contributed by atoms with van der Waals surface area (Å²) < 4.78 is 31.8. The van der Waals surface area contributed by atoms with Gasteiger partial charge in [0.1, 0.15) is 10.6 Å². The van der Waals surface area contributed by atoms with Crippen LogP contribution < -0.4 is 0 Å². The monoisotopic (exact) mass is 491 g/mol. The summed E-state index contributed by atoms with van der Waals surface area (Å²) >= 11 is 0. The Hall–Kier alpha value is -3.19. The van der Waals surface area contributed by atoms with Crippen molar-refractivity contribution in [2.75, 3.05) is 5.75 Å². The first-order valence-electron chi connectivity index (χ1n) is 10.9. The van der Waals surface area contributed by atoms with Gasteiger partial charge in [-0.3, -0.25) is 8.42 Å². The SMILES string of the molecule is Cc1ccc(C(=O)CS([OH+]S(=O)(=O)c2ccc(C)cc2)(c2ccccc2)c2ccccc2)cc1. The van der Waals surface area contributed by atoms with E-state index in [9.17, 15) is 13.2 Å². The van der Waals surface area contributed by atoms with E-state index in [2.05, 4.69) is 3.63 Å². The molecule has 0 aliphatic carbocycles. The summed E-state index contributed by atoms with van der Waals surface area (Å²) in [4.78, 5) is 15.1. The summed E-state index contributed by atoms with van der Waals surface area (Å²) in [6.07, 6.45) is 0. The lowest BCUT2D eigenvalue weighted by atomic mass is 10.1. The van der Waals surface area contributed by atoms with Gasteiger partial charge in [0.05, 0.1) is 9.79 Å². The Labute approximate surface area is 202 Å². The molecule has 0 bridgehead atoms. The van der Waals surface area contributed by atoms with Gasteiger partial charge in [-0.15, -0.1) is 8.42 Å². The molecule has 4 nitrogen and oxygen atoms in total. The van der Waals surface area contributed by atoms with Crippen LogP contribution in [-0.4, -0.2) is 23.6 Å². The van der Waals surface area contributed by atoms with E-state index in [1.54, 1.807) is 36.4 Å². The molecule has 4 aromatic carbocycles. The fourth-order valence-electron chi connectivity index (χ4n) is 3.64. The number of ketones is 1. The molecule has 0 amide bonds. The van der Waals surface area contributed by atoms with Crippen LogP contribution >= 0.6 is 10.3 Å². The molecule has 0 saturated heterocycles. The topological polar surface area (TPSA) is 64.0 Å². The van der Waals surface area contributed by atoms with Crippen molar-refractivity contribution in [2.45, 2.75) is 28.5 Å². The fraction of sp³-hybridized carbons (Fsp3) is 0.107. The predicted molar refractivity (Wildman–Crippen MR) is 138 cm³/mol. The normalized spacial score (nSPS) is 12.3. The van der Waals surface area contributed by atoms with Crippen LogP contribution in [0.15, 0.2) is 124 Å². The second-order valence-corrected chi connectivity index (χ2v) is 12.8. The Morgan fingerprint density at radius 2 is 1.06 bits per heavy atom. The highest BCUT2D eigenvalue weighted by Gasteiger charge is 2.43. The van der Waals surface area contributed by atoms with Crippen molar-refractivity contribution in [2.24, 2.45) is 0 Å². The third-order valence-electron chi connectivity index (χ3n) is 5.52. The maximum atomic E-state index is 13.6. The van der Waals surface area contributed by atoms with Crippen molar-refractivity contribution in [1.29, 1.82) is 0 Å². The lowest BCUT2D eigenvalue weighted by Crippen LogP contribution is -2.24. The number of aryl methyl sites for hydroxylation is 2. The standard InChI is InChI=1S/C28H26O4S2/c1-22-13-17-24(18-14-22)28(29)21-33(25-9-5-3-6-10-25,26-11-7-4-8-12-26)32-34(30,31)27-19-15-23(2)16-20-27/h3-20H,21H2,1-2H3/p+1. The first-order chi connectivity index (χ1) is 16.3. The summed E-state index contributed by atoms with van der Waals surface area (Å²) in [5.74, 6) is -0.194. The van der Waals surface area contributed by atoms with Crippen molar-refractivity contribution >= 4 is 26.2 Å². The zero-order valence-corrected chi connectivity index (χ0v) is 20.7. The molecule has 0 unspecified atom stereocenters. The summed E-state index contributed by atoms with van der Waals surface area (Å²) in [6.45, 7) is 3.86. The molecule has 0 radical (unpaired) electrons. The lowest BCUT2D eigenvalue weighted by molar-refractivity contribution is 0.102. The molecule has 6 heteroatoms. The second-order valence-electron chi connectivity index (χ2n) is 8.12. The summed E-state index contributed by atoms with van der Waals surface area (Å²) in [7, 11) is -6.70. The summed E-state index contributed by atoms with van der Waals surface area (Å²) in [5, 5.41) is 0. The van der Waals surface area contributed by atoms with Gasteiger partial charge in [0.25, 0.3) is 0 Å². The first-order valence-corrected chi connectivity index (χ1v) is 14.1. The van der Waals surface area contributed by atoms with Gasteiger partial charge in [-0.2, -0.15) is 0 Å². The third-order valence-corrected chi connectivity index (χ3v) is 11.0. The highest BCUT2D eigenvalue weighted by atomic mass is 32.3. The van der Waals surface area contributed by atoms with Crippen molar-refractivity contribution < 1.29 is 16.8 Å². The number of carbonyl (C=O) groups is 1. The quantitative estimate of drug-likeness (QED) is 0.155. The molecule has 0 heterocycles. The van der Waals surface area contributed by atoms with E-state index < -0.39 is 20.4 Å². The van der Waals surface area contributed by atoms with Crippen LogP contribution in [0.5, 0.6) is 0 Å². The molecule has 0 fully saturated rings. The van der Waals surface area contributed by atoms with Crippen LogP contribution in [0.3, 0.4) is 0 Å². The Morgan fingerprint density at radius 3 is 1.53 bits per heavy atom. The number of hydrogen-bond acceptors (Lipinski definition) is 3. The maximum Gasteiger partial charge on any atom is 0.422 e. The van der Waals surface area contributed by atoms with E-state index >= 15 is 0 Å².